The van der Waals surface area contributed by atoms with Crippen molar-refractivity contribution in [1.82, 2.24) is 9.21 Å². The van der Waals surface area contributed by atoms with Crippen LogP contribution >= 0.6 is 0 Å². The van der Waals surface area contributed by atoms with Crippen molar-refractivity contribution < 1.29 is 22.9 Å². The van der Waals surface area contributed by atoms with Gasteiger partial charge in [-0.2, -0.15) is 4.31 Å². The summed E-state index contributed by atoms with van der Waals surface area (Å²) in [5.74, 6) is -0.0435. The van der Waals surface area contributed by atoms with Crippen LogP contribution in [0.5, 0.6) is 0 Å². The molecule has 0 radical (unpaired) electrons. The molecule has 0 N–H and O–H groups in total. The van der Waals surface area contributed by atoms with Crippen LogP contribution in [0.1, 0.15) is 34.6 Å². The van der Waals surface area contributed by atoms with E-state index in [0.29, 0.717) is 0 Å². The van der Waals surface area contributed by atoms with Gasteiger partial charge in [0.2, 0.25) is 10.0 Å². The molecule has 1 heterocycles. The van der Waals surface area contributed by atoms with Crippen LogP contribution in [-0.4, -0.2) is 59.9 Å². The molecule has 0 saturated carbocycles. The summed E-state index contributed by atoms with van der Waals surface area (Å²) in [6.45, 7) is 9.67. The number of carbonyl (C=O) groups excluding carboxylic acids is 1. The lowest BCUT2D eigenvalue weighted by Crippen LogP contribution is -2.58. The van der Waals surface area contributed by atoms with E-state index in [1.807, 2.05) is 13.8 Å². The van der Waals surface area contributed by atoms with Crippen molar-refractivity contribution in [3.63, 3.8) is 0 Å². The van der Waals surface area contributed by atoms with Crippen molar-refractivity contribution in [3.8, 4) is 0 Å². The fourth-order valence-electron chi connectivity index (χ4n) is 3.00. The van der Waals surface area contributed by atoms with Crippen LogP contribution in [0.2, 0.25) is 0 Å². The number of ether oxygens (including phenoxy) is 1. The monoisotopic (exact) mass is 413 g/mol. The predicted octanol–water partition coefficient (Wildman–Crippen LogP) is 2.86. The van der Waals surface area contributed by atoms with Crippen molar-refractivity contribution in [2.45, 2.75) is 51.2 Å². The highest BCUT2D eigenvalue weighted by Gasteiger charge is 2.40. The minimum Gasteiger partial charge on any atom is -0.444 e. The van der Waals surface area contributed by atoms with Gasteiger partial charge in [-0.05, 0) is 38.8 Å². The number of hydrogen-bond donors (Lipinski definition) is 0. The average Bonchev–Trinajstić information content (AvgIpc) is 2.59. The zero-order valence-electron chi connectivity index (χ0n) is 16.8. The molecule has 1 amide bonds. The normalized spacial score (nSPS) is 18.9. The van der Waals surface area contributed by atoms with Crippen molar-refractivity contribution in [2.75, 3.05) is 19.6 Å². The second kappa shape index (κ2) is 8.04. The average molecular weight is 413 g/mol. The first-order valence-electron chi connectivity index (χ1n) is 9.07. The van der Waals surface area contributed by atoms with Gasteiger partial charge in [0.15, 0.2) is 0 Å². The molecule has 0 aromatic heterocycles. The van der Waals surface area contributed by atoms with Crippen LogP contribution in [-0.2, 0) is 14.8 Å². The number of sulfonamides is 1. The van der Waals surface area contributed by atoms with Gasteiger partial charge in [-0.3, -0.25) is 10.1 Å². The Morgan fingerprint density at radius 3 is 2.25 bits per heavy atom. The lowest BCUT2D eigenvalue weighted by molar-refractivity contribution is -0.384. The predicted molar refractivity (Wildman–Crippen MR) is 103 cm³/mol. The van der Waals surface area contributed by atoms with E-state index in [0.717, 1.165) is 0 Å². The molecule has 0 spiro atoms. The molecule has 28 heavy (non-hydrogen) atoms. The highest BCUT2D eigenvalue weighted by molar-refractivity contribution is 7.89. The molecule has 2 rings (SSSR count). The van der Waals surface area contributed by atoms with Crippen LogP contribution in [0.4, 0.5) is 10.5 Å². The minimum atomic E-state index is -3.85. The zero-order chi connectivity index (χ0) is 21.3. The van der Waals surface area contributed by atoms with Crippen molar-refractivity contribution in [1.29, 1.82) is 0 Å². The van der Waals surface area contributed by atoms with E-state index in [1.165, 1.54) is 33.5 Å². The van der Waals surface area contributed by atoms with E-state index in [9.17, 15) is 23.3 Å². The van der Waals surface area contributed by atoms with E-state index >= 15 is 0 Å². The Kier molecular flexibility index (Phi) is 6.34. The number of nitro groups is 1. The van der Waals surface area contributed by atoms with Gasteiger partial charge in [0.1, 0.15) is 5.60 Å². The number of carbonyl (C=O) groups is 1. The van der Waals surface area contributed by atoms with Gasteiger partial charge in [-0.25, -0.2) is 13.2 Å². The Balaban J connectivity index is 2.25. The van der Waals surface area contributed by atoms with Crippen molar-refractivity contribution >= 4 is 21.8 Å². The van der Waals surface area contributed by atoms with Crippen molar-refractivity contribution in [3.05, 3.63) is 34.4 Å². The lowest BCUT2D eigenvalue weighted by atomic mass is 10.0. The number of nitro benzene ring substituents is 1. The number of benzene rings is 1. The highest BCUT2D eigenvalue weighted by atomic mass is 32.2. The van der Waals surface area contributed by atoms with E-state index in [4.69, 9.17) is 4.74 Å². The largest absolute Gasteiger partial charge is 0.444 e. The fraction of sp³-hybridized carbons (Fsp3) is 0.611. The molecule has 1 aromatic rings. The lowest BCUT2D eigenvalue weighted by Gasteiger charge is -2.42. The summed E-state index contributed by atoms with van der Waals surface area (Å²) in [5, 5.41) is 10.8. The Bertz CT molecular complexity index is 830. The summed E-state index contributed by atoms with van der Waals surface area (Å²) in [6.07, 6.45) is -0.467. The molecular formula is C18H27N3O6S. The van der Waals surface area contributed by atoms with Gasteiger partial charge in [-0.1, -0.05) is 13.8 Å². The molecule has 0 aliphatic carbocycles. The number of non-ortho nitro benzene ring substituents is 1. The first-order chi connectivity index (χ1) is 12.8. The third kappa shape index (κ3) is 4.99. The third-order valence-corrected chi connectivity index (χ3v) is 6.38. The Hall–Kier alpha value is -2.20. The van der Waals surface area contributed by atoms with Crippen LogP contribution in [0.3, 0.4) is 0 Å². The van der Waals surface area contributed by atoms with Gasteiger partial charge < -0.3 is 9.64 Å². The summed E-state index contributed by atoms with van der Waals surface area (Å²) in [6, 6.07) is 4.40. The minimum absolute atomic E-state index is 0.00512. The standard InChI is InChI=1S/C18H27N3O6S/c1-13(2)16-12-19(17(22)27-18(3,4)5)10-11-20(16)28(25,26)15-8-6-14(7-9-15)21(23)24/h6-9,13,16H,10-12H2,1-5H3/t16-/m1/s1. The molecule has 9 nitrogen and oxygen atoms in total. The summed E-state index contributed by atoms with van der Waals surface area (Å²) < 4.78 is 33.0. The summed E-state index contributed by atoms with van der Waals surface area (Å²) in [7, 11) is -3.85. The maximum Gasteiger partial charge on any atom is 0.410 e. The molecule has 1 fully saturated rings. The molecule has 1 saturated heterocycles. The Morgan fingerprint density at radius 1 is 1.21 bits per heavy atom. The zero-order valence-corrected chi connectivity index (χ0v) is 17.6. The molecular weight excluding hydrogens is 386 g/mol. The quantitative estimate of drug-likeness (QED) is 0.554. The van der Waals surface area contributed by atoms with Gasteiger partial charge >= 0.3 is 6.09 Å². The van der Waals surface area contributed by atoms with Crippen LogP contribution < -0.4 is 0 Å². The maximum absolute atomic E-state index is 13.1. The number of rotatable bonds is 4. The van der Waals surface area contributed by atoms with Crippen LogP contribution in [0.15, 0.2) is 29.2 Å². The molecule has 0 bridgehead atoms. The smallest absolute Gasteiger partial charge is 0.410 e. The molecule has 1 aromatic carbocycles. The van der Waals surface area contributed by atoms with E-state index in [-0.39, 0.29) is 36.1 Å². The van der Waals surface area contributed by atoms with Crippen LogP contribution in [0.25, 0.3) is 0 Å². The first kappa shape index (κ1) is 22.1. The first-order valence-corrected chi connectivity index (χ1v) is 10.5. The summed E-state index contributed by atoms with van der Waals surface area (Å²) >= 11 is 0. The molecule has 1 atom stereocenters. The molecule has 1 aliphatic rings. The van der Waals surface area contributed by atoms with Gasteiger partial charge in [0, 0.05) is 37.8 Å². The Morgan fingerprint density at radius 2 is 1.79 bits per heavy atom. The van der Waals surface area contributed by atoms with E-state index in [1.54, 1.807) is 20.8 Å². The highest BCUT2D eigenvalue weighted by Crippen LogP contribution is 2.27. The summed E-state index contributed by atoms with van der Waals surface area (Å²) in [4.78, 5) is 24.1. The number of hydrogen-bond acceptors (Lipinski definition) is 6. The SMILES string of the molecule is CC(C)[C@H]1CN(C(=O)OC(C)(C)C)CCN1S(=O)(=O)c1ccc([N+](=O)[O-])cc1. The Labute approximate surface area is 165 Å². The molecule has 156 valence electrons. The third-order valence-electron chi connectivity index (χ3n) is 4.44. The molecule has 1 aliphatic heterocycles. The fourth-order valence-corrected chi connectivity index (χ4v) is 4.74. The number of amides is 1. The summed E-state index contributed by atoms with van der Waals surface area (Å²) in [5.41, 5.74) is -0.805. The number of nitrogens with zero attached hydrogens (tertiary/aromatic N) is 3. The molecule has 10 heteroatoms. The van der Waals surface area contributed by atoms with E-state index < -0.39 is 32.7 Å². The second-order valence-electron chi connectivity index (χ2n) is 8.10. The maximum atomic E-state index is 13.1. The van der Waals surface area contributed by atoms with E-state index in [2.05, 4.69) is 0 Å². The molecule has 0 unspecified atom stereocenters. The topological polar surface area (TPSA) is 110 Å². The van der Waals surface area contributed by atoms with Crippen LogP contribution in [0, 0.1) is 16.0 Å². The van der Waals surface area contributed by atoms with Gasteiger partial charge in [-0.15, -0.1) is 0 Å². The van der Waals surface area contributed by atoms with Gasteiger partial charge in [0.25, 0.3) is 5.69 Å². The van der Waals surface area contributed by atoms with Gasteiger partial charge in [0.05, 0.1) is 9.82 Å². The number of piperazine rings is 1. The second-order valence-corrected chi connectivity index (χ2v) is 10.00. The van der Waals surface area contributed by atoms with Crippen molar-refractivity contribution in [2.24, 2.45) is 5.92 Å².